The first-order valence-electron chi connectivity index (χ1n) is 9.94. The number of hydrogen-bond donors (Lipinski definition) is 0. The van der Waals surface area contributed by atoms with E-state index in [9.17, 15) is 0 Å². The summed E-state index contributed by atoms with van der Waals surface area (Å²) in [7, 11) is 0. The first-order valence-corrected chi connectivity index (χ1v) is 10.8. The zero-order valence-corrected chi connectivity index (χ0v) is 16.5. The molecule has 0 nitrogen and oxygen atoms in total. The molecule has 7 aromatic rings. The zero-order chi connectivity index (χ0) is 18.9. The molecule has 0 atom stereocenters. The highest BCUT2D eigenvalue weighted by Crippen LogP contribution is 2.40. The van der Waals surface area contributed by atoms with Crippen LogP contribution in [0.15, 0.2) is 96.4 Å². The number of fused-ring (bicyclic) bond motifs is 11. The standard InChI is InChI=1S/C28H16S/c1-2-4-21-17(3-1)5-6-18-7-12-23-22(26(18)21)11-8-19-9-14-25-24(27(19)23)13-10-20-15-16-29-28(20)25/h1-16H. The minimum Gasteiger partial charge on any atom is -0.143 e. The second-order valence-corrected chi connectivity index (χ2v) is 8.69. The third kappa shape index (κ3) is 2.03. The van der Waals surface area contributed by atoms with E-state index in [1.807, 2.05) is 11.3 Å². The van der Waals surface area contributed by atoms with Crippen molar-refractivity contribution in [2.75, 3.05) is 0 Å². The van der Waals surface area contributed by atoms with Gasteiger partial charge in [0.05, 0.1) is 0 Å². The topological polar surface area (TPSA) is 0 Å². The van der Waals surface area contributed by atoms with E-state index >= 15 is 0 Å². The van der Waals surface area contributed by atoms with Crippen LogP contribution in [-0.4, -0.2) is 0 Å². The van der Waals surface area contributed by atoms with Crippen molar-refractivity contribution in [3.8, 4) is 0 Å². The average Bonchev–Trinajstić information content (AvgIpc) is 3.27. The third-order valence-corrected chi connectivity index (χ3v) is 7.26. The molecule has 6 aromatic carbocycles. The molecular formula is C28H16S. The maximum Gasteiger partial charge on any atom is 0.0421 e. The van der Waals surface area contributed by atoms with Crippen molar-refractivity contribution in [2.45, 2.75) is 0 Å². The van der Waals surface area contributed by atoms with Crippen molar-refractivity contribution in [1.82, 2.24) is 0 Å². The Morgan fingerprint density at radius 2 is 0.931 bits per heavy atom. The lowest BCUT2D eigenvalue weighted by molar-refractivity contribution is 1.79. The molecule has 29 heavy (non-hydrogen) atoms. The normalized spacial score (nSPS) is 12.1. The summed E-state index contributed by atoms with van der Waals surface area (Å²) in [4.78, 5) is 0. The van der Waals surface area contributed by atoms with Crippen LogP contribution in [0.4, 0.5) is 0 Å². The summed E-state index contributed by atoms with van der Waals surface area (Å²) in [6.07, 6.45) is 0. The molecule has 0 N–H and O–H groups in total. The third-order valence-electron chi connectivity index (χ3n) is 6.30. The average molecular weight is 385 g/mol. The second kappa shape index (κ2) is 5.56. The van der Waals surface area contributed by atoms with Crippen LogP contribution in [0.25, 0.3) is 63.9 Å². The smallest absolute Gasteiger partial charge is 0.0421 e. The van der Waals surface area contributed by atoms with E-state index in [0.717, 1.165) is 0 Å². The van der Waals surface area contributed by atoms with Gasteiger partial charge in [-0.05, 0) is 65.3 Å². The minimum absolute atomic E-state index is 1.30. The van der Waals surface area contributed by atoms with Gasteiger partial charge in [0.1, 0.15) is 0 Å². The van der Waals surface area contributed by atoms with E-state index in [1.165, 1.54) is 63.9 Å². The molecule has 1 heterocycles. The lowest BCUT2D eigenvalue weighted by atomic mass is 9.91. The molecule has 7 rings (SSSR count). The summed E-state index contributed by atoms with van der Waals surface area (Å²) in [6.45, 7) is 0. The number of thiophene rings is 1. The van der Waals surface area contributed by atoms with Crippen LogP contribution < -0.4 is 0 Å². The first-order chi connectivity index (χ1) is 14.4. The van der Waals surface area contributed by atoms with Gasteiger partial charge in [-0.2, -0.15) is 0 Å². The highest BCUT2D eigenvalue weighted by Gasteiger charge is 2.11. The van der Waals surface area contributed by atoms with Gasteiger partial charge in [0, 0.05) is 10.1 Å². The Hall–Kier alpha value is -3.42. The fraction of sp³-hybridized carbons (Fsp3) is 0. The Morgan fingerprint density at radius 3 is 1.72 bits per heavy atom. The van der Waals surface area contributed by atoms with Gasteiger partial charge in [-0.15, -0.1) is 11.3 Å². The van der Waals surface area contributed by atoms with E-state index in [2.05, 4.69) is 96.4 Å². The van der Waals surface area contributed by atoms with Crippen LogP contribution in [0.1, 0.15) is 0 Å². The van der Waals surface area contributed by atoms with Crippen LogP contribution in [0, 0.1) is 0 Å². The predicted molar refractivity (Wildman–Crippen MR) is 129 cm³/mol. The SMILES string of the molecule is c1ccc2c(c1)ccc1ccc3c(ccc4ccc5c(ccc6ccsc65)c43)c12. The van der Waals surface area contributed by atoms with Crippen molar-refractivity contribution < 1.29 is 0 Å². The molecule has 0 spiro atoms. The molecule has 0 radical (unpaired) electrons. The summed E-state index contributed by atoms with van der Waals surface area (Å²) in [5.41, 5.74) is 0. The first kappa shape index (κ1) is 15.5. The Morgan fingerprint density at radius 1 is 0.379 bits per heavy atom. The molecule has 1 aromatic heterocycles. The van der Waals surface area contributed by atoms with Gasteiger partial charge in [0.15, 0.2) is 0 Å². The predicted octanol–water partition coefficient (Wildman–Crippen LogP) is 8.67. The molecule has 0 unspecified atom stereocenters. The van der Waals surface area contributed by atoms with Gasteiger partial charge in [-0.3, -0.25) is 0 Å². The Balaban J connectivity index is 1.77. The van der Waals surface area contributed by atoms with E-state index in [4.69, 9.17) is 0 Å². The molecule has 0 saturated heterocycles. The van der Waals surface area contributed by atoms with Crippen LogP contribution in [0.5, 0.6) is 0 Å². The van der Waals surface area contributed by atoms with E-state index in [1.54, 1.807) is 0 Å². The quantitative estimate of drug-likeness (QED) is 0.229. The number of rotatable bonds is 0. The Kier molecular flexibility index (Phi) is 2.97. The summed E-state index contributed by atoms with van der Waals surface area (Å²) in [5.74, 6) is 0. The maximum atomic E-state index is 2.31. The zero-order valence-electron chi connectivity index (χ0n) is 15.6. The van der Waals surface area contributed by atoms with Crippen LogP contribution in [0.3, 0.4) is 0 Å². The van der Waals surface area contributed by atoms with Gasteiger partial charge >= 0.3 is 0 Å². The largest absolute Gasteiger partial charge is 0.143 e. The maximum absolute atomic E-state index is 2.31. The highest BCUT2D eigenvalue weighted by molar-refractivity contribution is 7.18. The van der Waals surface area contributed by atoms with Crippen LogP contribution in [-0.2, 0) is 0 Å². The van der Waals surface area contributed by atoms with Crippen LogP contribution >= 0.6 is 11.3 Å². The van der Waals surface area contributed by atoms with Gasteiger partial charge < -0.3 is 0 Å². The molecule has 0 fully saturated rings. The van der Waals surface area contributed by atoms with E-state index in [0.29, 0.717) is 0 Å². The second-order valence-electron chi connectivity index (χ2n) is 7.77. The minimum atomic E-state index is 1.30. The van der Waals surface area contributed by atoms with Crippen molar-refractivity contribution in [1.29, 1.82) is 0 Å². The van der Waals surface area contributed by atoms with Gasteiger partial charge in [0.2, 0.25) is 0 Å². The van der Waals surface area contributed by atoms with Crippen molar-refractivity contribution in [2.24, 2.45) is 0 Å². The van der Waals surface area contributed by atoms with Crippen molar-refractivity contribution in [3.63, 3.8) is 0 Å². The Bertz CT molecular complexity index is 1750. The lowest BCUT2D eigenvalue weighted by Crippen LogP contribution is -1.84. The molecule has 0 bridgehead atoms. The van der Waals surface area contributed by atoms with Gasteiger partial charge in [-0.1, -0.05) is 84.9 Å². The molecule has 0 saturated carbocycles. The fourth-order valence-corrected chi connectivity index (χ4v) is 5.91. The summed E-state index contributed by atoms with van der Waals surface area (Å²) in [6, 6.07) is 33.7. The summed E-state index contributed by atoms with van der Waals surface area (Å²) in [5, 5.41) is 16.9. The van der Waals surface area contributed by atoms with Gasteiger partial charge in [0.25, 0.3) is 0 Å². The number of benzene rings is 6. The van der Waals surface area contributed by atoms with Crippen molar-refractivity contribution in [3.05, 3.63) is 96.4 Å². The van der Waals surface area contributed by atoms with Crippen molar-refractivity contribution >= 4 is 75.3 Å². The van der Waals surface area contributed by atoms with Gasteiger partial charge in [-0.25, -0.2) is 0 Å². The Labute approximate surface area is 171 Å². The molecular weight excluding hydrogens is 368 g/mol. The molecule has 134 valence electrons. The molecule has 0 aliphatic rings. The summed E-state index contributed by atoms with van der Waals surface area (Å²) < 4.78 is 1.38. The highest BCUT2D eigenvalue weighted by atomic mass is 32.1. The number of hydrogen-bond acceptors (Lipinski definition) is 1. The van der Waals surface area contributed by atoms with E-state index in [-0.39, 0.29) is 0 Å². The lowest BCUT2D eigenvalue weighted by Gasteiger charge is -2.12. The fourth-order valence-electron chi connectivity index (χ4n) is 4.98. The summed E-state index contributed by atoms with van der Waals surface area (Å²) >= 11 is 1.84. The monoisotopic (exact) mass is 384 g/mol. The van der Waals surface area contributed by atoms with Crippen LogP contribution in [0.2, 0.25) is 0 Å². The molecule has 0 aliphatic carbocycles. The van der Waals surface area contributed by atoms with E-state index < -0.39 is 0 Å². The molecule has 1 heteroatoms. The molecule has 0 aliphatic heterocycles. The molecule has 0 amide bonds.